The van der Waals surface area contributed by atoms with E-state index in [4.69, 9.17) is 5.73 Å². The predicted octanol–water partition coefficient (Wildman–Crippen LogP) is 0.457. The van der Waals surface area contributed by atoms with E-state index in [2.05, 4.69) is 5.32 Å². The number of thiophene rings is 1. The van der Waals surface area contributed by atoms with Crippen LogP contribution in [0.15, 0.2) is 6.07 Å². The van der Waals surface area contributed by atoms with Crippen LogP contribution in [0.2, 0.25) is 0 Å². The van der Waals surface area contributed by atoms with Crippen LogP contribution in [0.1, 0.15) is 22.5 Å². The number of nitrogens with zero attached hydrogens (tertiary/aromatic N) is 1. The molecule has 0 bridgehead atoms. The van der Waals surface area contributed by atoms with Gasteiger partial charge in [-0.3, -0.25) is 4.79 Å². The van der Waals surface area contributed by atoms with Gasteiger partial charge in [0, 0.05) is 19.1 Å². The fraction of sp³-hybridized carbons (Fsp3) is 0.583. The Labute approximate surface area is 121 Å². The zero-order valence-corrected chi connectivity index (χ0v) is 12.6. The maximum atomic E-state index is 12.0. The number of nitrogens with two attached hydrogens (primary N) is 1. The van der Waals surface area contributed by atoms with E-state index in [0.29, 0.717) is 29.7 Å². The molecule has 1 aliphatic carbocycles. The highest BCUT2D eigenvalue weighted by Crippen LogP contribution is 2.33. The highest BCUT2D eigenvalue weighted by atomic mass is 32.2. The summed E-state index contributed by atoms with van der Waals surface area (Å²) in [6.45, 7) is 0.929. The number of carbonyl (C=O) groups excluding carboxylic acids is 1. The third kappa shape index (κ3) is 2.90. The second-order valence-corrected chi connectivity index (χ2v) is 8.59. The molecule has 6 nitrogen and oxygen atoms in total. The van der Waals surface area contributed by atoms with E-state index >= 15 is 0 Å². The summed E-state index contributed by atoms with van der Waals surface area (Å²) >= 11 is 1.34. The molecule has 2 aliphatic rings. The normalized spacial score (nSPS) is 21.7. The molecule has 8 heteroatoms. The lowest BCUT2D eigenvalue weighted by Gasteiger charge is -2.27. The molecule has 1 amide bonds. The van der Waals surface area contributed by atoms with Crippen LogP contribution in [-0.4, -0.2) is 45.0 Å². The molecule has 2 heterocycles. The third-order valence-corrected chi connectivity index (χ3v) is 6.34. The van der Waals surface area contributed by atoms with E-state index in [0.717, 1.165) is 17.8 Å². The summed E-state index contributed by atoms with van der Waals surface area (Å²) in [7, 11) is -2.90. The SMILES string of the molecule is Nc1cc(N2CCS(=O)(=O)CC2)sc1C(=O)NC1CC1. The summed E-state index contributed by atoms with van der Waals surface area (Å²) in [6, 6.07) is 2.07. The van der Waals surface area contributed by atoms with E-state index in [-0.39, 0.29) is 17.4 Å². The zero-order chi connectivity index (χ0) is 14.3. The van der Waals surface area contributed by atoms with Crippen molar-refractivity contribution in [1.29, 1.82) is 0 Å². The fourth-order valence-corrected chi connectivity index (χ4v) is 4.37. The van der Waals surface area contributed by atoms with Gasteiger partial charge in [0.05, 0.1) is 22.2 Å². The van der Waals surface area contributed by atoms with Crippen LogP contribution in [0.4, 0.5) is 10.7 Å². The van der Waals surface area contributed by atoms with E-state index in [1.807, 2.05) is 4.90 Å². The maximum absolute atomic E-state index is 12.0. The standard InChI is InChI=1S/C12H17N3O3S2/c13-9-7-10(15-3-5-20(17,18)6-4-15)19-11(9)12(16)14-8-1-2-8/h7-8H,1-6,13H2,(H,14,16). The van der Waals surface area contributed by atoms with Crippen LogP contribution in [0.5, 0.6) is 0 Å². The lowest BCUT2D eigenvalue weighted by atomic mass is 10.3. The Kier molecular flexibility index (Phi) is 3.37. The number of sulfone groups is 1. The second kappa shape index (κ2) is 4.92. The summed E-state index contributed by atoms with van der Waals surface area (Å²) in [5, 5.41) is 3.79. The van der Waals surface area contributed by atoms with Crippen molar-refractivity contribution in [3.05, 3.63) is 10.9 Å². The Hall–Kier alpha value is -1.28. The number of nitrogen functional groups attached to an aromatic ring is 1. The quantitative estimate of drug-likeness (QED) is 0.845. The van der Waals surface area contributed by atoms with Gasteiger partial charge in [-0.05, 0) is 18.9 Å². The summed E-state index contributed by atoms with van der Waals surface area (Å²) in [6.07, 6.45) is 2.07. The number of amides is 1. The molecule has 1 saturated heterocycles. The Balaban J connectivity index is 1.73. The number of hydrogen-bond donors (Lipinski definition) is 2. The van der Waals surface area contributed by atoms with Crippen molar-refractivity contribution in [3.8, 4) is 0 Å². The molecular formula is C12H17N3O3S2. The number of rotatable bonds is 3. The van der Waals surface area contributed by atoms with E-state index < -0.39 is 9.84 Å². The highest BCUT2D eigenvalue weighted by molar-refractivity contribution is 7.91. The van der Waals surface area contributed by atoms with Crippen molar-refractivity contribution in [1.82, 2.24) is 5.32 Å². The van der Waals surface area contributed by atoms with Gasteiger partial charge in [-0.15, -0.1) is 11.3 Å². The van der Waals surface area contributed by atoms with Crippen LogP contribution in [0, 0.1) is 0 Å². The highest BCUT2D eigenvalue weighted by Gasteiger charge is 2.27. The van der Waals surface area contributed by atoms with Crippen molar-refractivity contribution >= 4 is 37.8 Å². The maximum Gasteiger partial charge on any atom is 0.263 e. The van der Waals surface area contributed by atoms with Crippen molar-refractivity contribution in [3.63, 3.8) is 0 Å². The van der Waals surface area contributed by atoms with Gasteiger partial charge in [-0.2, -0.15) is 0 Å². The smallest absolute Gasteiger partial charge is 0.263 e. The molecule has 1 saturated carbocycles. The number of carbonyl (C=O) groups is 1. The van der Waals surface area contributed by atoms with E-state index in [1.165, 1.54) is 11.3 Å². The first-order valence-corrected chi connectivity index (χ1v) is 9.24. The first kappa shape index (κ1) is 13.7. The molecule has 0 unspecified atom stereocenters. The molecule has 1 aromatic heterocycles. The van der Waals surface area contributed by atoms with Gasteiger partial charge in [0.1, 0.15) is 4.88 Å². The third-order valence-electron chi connectivity index (χ3n) is 3.52. The molecule has 0 spiro atoms. The number of nitrogens with one attached hydrogen (secondary N) is 1. The van der Waals surface area contributed by atoms with Gasteiger partial charge in [0.2, 0.25) is 0 Å². The van der Waals surface area contributed by atoms with Gasteiger partial charge in [-0.1, -0.05) is 0 Å². The fourth-order valence-electron chi connectivity index (χ4n) is 2.14. The Morgan fingerprint density at radius 1 is 1.35 bits per heavy atom. The number of hydrogen-bond acceptors (Lipinski definition) is 6. The second-order valence-electron chi connectivity index (χ2n) is 5.26. The zero-order valence-electron chi connectivity index (χ0n) is 11.0. The van der Waals surface area contributed by atoms with Gasteiger partial charge in [0.15, 0.2) is 9.84 Å². The molecule has 0 radical (unpaired) electrons. The van der Waals surface area contributed by atoms with Crippen molar-refractivity contribution in [2.75, 3.05) is 35.2 Å². The van der Waals surface area contributed by atoms with E-state index in [1.54, 1.807) is 6.07 Å². The van der Waals surface area contributed by atoms with Crippen molar-refractivity contribution < 1.29 is 13.2 Å². The Bertz CT molecular complexity index is 620. The molecule has 0 aromatic carbocycles. The van der Waals surface area contributed by atoms with Crippen LogP contribution >= 0.6 is 11.3 Å². The Morgan fingerprint density at radius 2 is 2.00 bits per heavy atom. The topological polar surface area (TPSA) is 92.5 Å². The molecule has 110 valence electrons. The first-order chi connectivity index (χ1) is 9.44. The summed E-state index contributed by atoms with van der Waals surface area (Å²) in [5.74, 6) is 0.203. The largest absolute Gasteiger partial charge is 0.397 e. The van der Waals surface area contributed by atoms with Crippen molar-refractivity contribution in [2.24, 2.45) is 0 Å². The monoisotopic (exact) mass is 315 g/mol. The summed E-state index contributed by atoms with van der Waals surface area (Å²) in [5.41, 5.74) is 6.37. The molecule has 1 aliphatic heterocycles. The predicted molar refractivity (Wildman–Crippen MR) is 80.1 cm³/mol. The lowest BCUT2D eigenvalue weighted by molar-refractivity contribution is 0.0956. The molecule has 2 fully saturated rings. The summed E-state index contributed by atoms with van der Waals surface area (Å²) in [4.78, 5) is 14.5. The molecule has 3 rings (SSSR count). The molecule has 3 N–H and O–H groups in total. The van der Waals surface area contributed by atoms with Gasteiger partial charge < -0.3 is 16.0 Å². The molecular weight excluding hydrogens is 298 g/mol. The van der Waals surface area contributed by atoms with Gasteiger partial charge in [-0.25, -0.2) is 8.42 Å². The first-order valence-electron chi connectivity index (χ1n) is 6.60. The minimum absolute atomic E-state index is 0.120. The van der Waals surface area contributed by atoms with Gasteiger partial charge >= 0.3 is 0 Å². The minimum Gasteiger partial charge on any atom is -0.397 e. The van der Waals surface area contributed by atoms with Crippen LogP contribution in [0.25, 0.3) is 0 Å². The average molecular weight is 315 g/mol. The molecule has 1 aromatic rings. The van der Waals surface area contributed by atoms with Crippen LogP contribution in [-0.2, 0) is 9.84 Å². The van der Waals surface area contributed by atoms with Crippen LogP contribution in [0.3, 0.4) is 0 Å². The molecule has 0 atom stereocenters. The van der Waals surface area contributed by atoms with E-state index in [9.17, 15) is 13.2 Å². The lowest BCUT2D eigenvalue weighted by Crippen LogP contribution is -2.39. The molecule has 20 heavy (non-hydrogen) atoms. The minimum atomic E-state index is -2.90. The average Bonchev–Trinajstić information content (AvgIpc) is 3.10. The Morgan fingerprint density at radius 3 is 2.60 bits per heavy atom. The van der Waals surface area contributed by atoms with Crippen molar-refractivity contribution in [2.45, 2.75) is 18.9 Å². The summed E-state index contributed by atoms with van der Waals surface area (Å²) < 4.78 is 22.8. The van der Waals surface area contributed by atoms with Gasteiger partial charge in [0.25, 0.3) is 5.91 Å². The number of anilines is 2. The van der Waals surface area contributed by atoms with Crippen LogP contribution < -0.4 is 16.0 Å².